The molecule has 0 aliphatic carbocycles. The number of aryl methyl sites for hydroxylation is 1. The topological polar surface area (TPSA) is 51.2 Å². The lowest BCUT2D eigenvalue weighted by atomic mass is 10.1. The standard InChI is InChI=1S/C16H17ClN2O2/c1-11-9-15(21-2)13(10-14(11)17)5-8-19-16(20)12-3-6-18-7-4-12/h3-4,6-7,9-10H,5,8H2,1-2H3,(H,19,20). The highest BCUT2D eigenvalue weighted by Gasteiger charge is 2.08. The Morgan fingerprint density at radius 2 is 2.05 bits per heavy atom. The van der Waals surface area contributed by atoms with Gasteiger partial charge in [-0.1, -0.05) is 11.6 Å². The first-order valence-electron chi connectivity index (χ1n) is 6.63. The number of pyridine rings is 1. The number of aromatic nitrogens is 1. The van der Waals surface area contributed by atoms with E-state index in [1.807, 2.05) is 19.1 Å². The van der Waals surface area contributed by atoms with E-state index in [1.165, 1.54) is 0 Å². The summed E-state index contributed by atoms with van der Waals surface area (Å²) in [7, 11) is 1.63. The fraction of sp³-hybridized carbons (Fsp3) is 0.250. The molecule has 0 radical (unpaired) electrons. The van der Waals surface area contributed by atoms with E-state index in [1.54, 1.807) is 31.6 Å². The molecular formula is C16H17ClN2O2. The van der Waals surface area contributed by atoms with Crippen molar-refractivity contribution in [1.82, 2.24) is 10.3 Å². The van der Waals surface area contributed by atoms with E-state index in [2.05, 4.69) is 10.3 Å². The van der Waals surface area contributed by atoms with Crippen LogP contribution in [0.1, 0.15) is 21.5 Å². The number of ether oxygens (including phenoxy) is 1. The molecule has 110 valence electrons. The van der Waals surface area contributed by atoms with Crippen LogP contribution in [-0.2, 0) is 6.42 Å². The van der Waals surface area contributed by atoms with Gasteiger partial charge in [0, 0.05) is 29.5 Å². The van der Waals surface area contributed by atoms with Crippen LogP contribution in [0.5, 0.6) is 5.75 Å². The Balaban J connectivity index is 1.98. The fourth-order valence-corrected chi connectivity index (χ4v) is 2.18. The van der Waals surface area contributed by atoms with Crippen LogP contribution in [-0.4, -0.2) is 24.5 Å². The highest BCUT2D eigenvalue weighted by Crippen LogP contribution is 2.26. The molecule has 1 aromatic heterocycles. The van der Waals surface area contributed by atoms with Gasteiger partial charge in [-0.2, -0.15) is 0 Å². The first-order valence-corrected chi connectivity index (χ1v) is 7.01. The van der Waals surface area contributed by atoms with Gasteiger partial charge in [0.25, 0.3) is 5.91 Å². The van der Waals surface area contributed by atoms with Crippen LogP contribution in [0.15, 0.2) is 36.7 Å². The molecule has 0 saturated carbocycles. The van der Waals surface area contributed by atoms with Gasteiger partial charge < -0.3 is 10.1 Å². The Bertz CT molecular complexity index is 630. The Hall–Kier alpha value is -2.07. The van der Waals surface area contributed by atoms with Gasteiger partial charge in [0.2, 0.25) is 0 Å². The number of amides is 1. The van der Waals surface area contributed by atoms with Crippen molar-refractivity contribution in [3.05, 3.63) is 58.4 Å². The zero-order valence-electron chi connectivity index (χ0n) is 12.0. The number of rotatable bonds is 5. The summed E-state index contributed by atoms with van der Waals surface area (Å²) in [6.45, 7) is 2.44. The Labute approximate surface area is 129 Å². The molecule has 1 heterocycles. The van der Waals surface area contributed by atoms with Crippen LogP contribution >= 0.6 is 11.6 Å². The van der Waals surface area contributed by atoms with Crippen LogP contribution in [0.4, 0.5) is 0 Å². The van der Waals surface area contributed by atoms with Crippen LogP contribution in [0.2, 0.25) is 5.02 Å². The fourth-order valence-electron chi connectivity index (χ4n) is 2.00. The Kier molecular flexibility index (Phi) is 5.17. The number of nitrogens with zero attached hydrogens (tertiary/aromatic N) is 1. The summed E-state index contributed by atoms with van der Waals surface area (Å²) in [6.07, 6.45) is 3.84. The van der Waals surface area contributed by atoms with Crippen molar-refractivity contribution in [2.75, 3.05) is 13.7 Å². The van der Waals surface area contributed by atoms with Crippen LogP contribution in [0, 0.1) is 6.92 Å². The van der Waals surface area contributed by atoms with Gasteiger partial charge in [-0.15, -0.1) is 0 Å². The molecule has 2 aromatic rings. The average Bonchev–Trinajstić information content (AvgIpc) is 2.51. The van der Waals surface area contributed by atoms with Crippen LogP contribution < -0.4 is 10.1 Å². The van der Waals surface area contributed by atoms with E-state index in [0.29, 0.717) is 23.6 Å². The zero-order chi connectivity index (χ0) is 15.2. The predicted molar refractivity (Wildman–Crippen MR) is 83.0 cm³/mol. The van der Waals surface area contributed by atoms with Crippen molar-refractivity contribution in [1.29, 1.82) is 0 Å². The van der Waals surface area contributed by atoms with E-state index >= 15 is 0 Å². The zero-order valence-corrected chi connectivity index (χ0v) is 12.8. The van der Waals surface area contributed by atoms with Crippen molar-refractivity contribution < 1.29 is 9.53 Å². The van der Waals surface area contributed by atoms with Crippen molar-refractivity contribution in [3.63, 3.8) is 0 Å². The molecule has 21 heavy (non-hydrogen) atoms. The lowest BCUT2D eigenvalue weighted by molar-refractivity contribution is 0.0954. The average molecular weight is 305 g/mol. The monoisotopic (exact) mass is 304 g/mol. The second-order valence-electron chi connectivity index (χ2n) is 4.66. The predicted octanol–water partition coefficient (Wildman–Crippen LogP) is 3.02. The molecule has 0 spiro atoms. The molecule has 1 aromatic carbocycles. The molecule has 0 bridgehead atoms. The number of carbonyl (C=O) groups is 1. The summed E-state index contributed by atoms with van der Waals surface area (Å²) in [4.78, 5) is 15.8. The molecule has 4 nitrogen and oxygen atoms in total. The molecule has 0 saturated heterocycles. The van der Waals surface area contributed by atoms with Crippen molar-refractivity contribution in [3.8, 4) is 5.75 Å². The number of halogens is 1. The summed E-state index contributed by atoms with van der Waals surface area (Å²) in [5, 5.41) is 3.57. The summed E-state index contributed by atoms with van der Waals surface area (Å²) in [5.41, 5.74) is 2.54. The number of methoxy groups -OCH3 is 1. The van der Waals surface area contributed by atoms with Gasteiger partial charge >= 0.3 is 0 Å². The van der Waals surface area contributed by atoms with Crippen molar-refractivity contribution in [2.24, 2.45) is 0 Å². The number of hydrogen-bond acceptors (Lipinski definition) is 3. The molecule has 2 rings (SSSR count). The maximum absolute atomic E-state index is 11.9. The normalized spacial score (nSPS) is 10.2. The molecule has 0 aliphatic heterocycles. The third-order valence-electron chi connectivity index (χ3n) is 3.18. The van der Waals surface area contributed by atoms with Crippen molar-refractivity contribution >= 4 is 17.5 Å². The second kappa shape index (κ2) is 7.09. The quantitative estimate of drug-likeness (QED) is 0.924. The number of carbonyl (C=O) groups excluding carboxylic acids is 1. The third-order valence-corrected chi connectivity index (χ3v) is 3.59. The van der Waals surface area contributed by atoms with E-state index in [-0.39, 0.29) is 5.91 Å². The SMILES string of the molecule is COc1cc(C)c(Cl)cc1CCNC(=O)c1ccncc1. The van der Waals surface area contributed by atoms with Gasteiger partial charge in [0.15, 0.2) is 0 Å². The number of benzene rings is 1. The van der Waals surface area contributed by atoms with Crippen LogP contribution in [0.25, 0.3) is 0 Å². The van der Waals surface area contributed by atoms with Gasteiger partial charge in [-0.05, 0) is 48.7 Å². The summed E-state index contributed by atoms with van der Waals surface area (Å²) < 4.78 is 5.34. The summed E-state index contributed by atoms with van der Waals surface area (Å²) in [5.74, 6) is 0.671. The van der Waals surface area contributed by atoms with Gasteiger partial charge in [-0.3, -0.25) is 9.78 Å². The first-order chi connectivity index (χ1) is 10.1. The largest absolute Gasteiger partial charge is 0.496 e. The molecule has 1 amide bonds. The molecule has 0 unspecified atom stereocenters. The lowest BCUT2D eigenvalue weighted by Crippen LogP contribution is -2.25. The highest BCUT2D eigenvalue weighted by atomic mass is 35.5. The number of nitrogens with one attached hydrogen (secondary N) is 1. The smallest absolute Gasteiger partial charge is 0.251 e. The van der Waals surface area contributed by atoms with Gasteiger partial charge in [0.1, 0.15) is 5.75 Å². The minimum atomic E-state index is -0.116. The summed E-state index contributed by atoms with van der Waals surface area (Å²) in [6, 6.07) is 7.15. The third kappa shape index (κ3) is 3.95. The Morgan fingerprint density at radius 3 is 2.71 bits per heavy atom. The summed E-state index contributed by atoms with van der Waals surface area (Å²) >= 11 is 6.13. The number of hydrogen-bond donors (Lipinski definition) is 1. The van der Waals surface area contributed by atoms with Gasteiger partial charge in [0.05, 0.1) is 7.11 Å². The molecule has 0 fully saturated rings. The molecule has 0 atom stereocenters. The molecule has 1 N–H and O–H groups in total. The van der Waals surface area contributed by atoms with E-state index < -0.39 is 0 Å². The van der Waals surface area contributed by atoms with Gasteiger partial charge in [-0.25, -0.2) is 0 Å². The van der Waals surface area contributed by atoms with Crippen molar-refractivity contribution in [2.45, 2.75) is 13.3 Å². The maximum atomic E-state index is 11.9. The minimum absolute atomic E-state index is 0.116. The lowest BCUT2D eigenvalue weighted by Gasteiger charge is -2.11. The maximum Gasteiger partial charge on any atom is 0.251 e. The Morgan fingerprint density at radius 1 is 1.33 bits per heavy atom. The van der Waals surface area contributed by atoms with E-state index in [0.717, 1.165) is 16.9 Å². The van der Waals surface area contributed by atoms with Crippen LogP contribution in [0.3, 0.4) is 0 Å². The first kappa shape index (κ1) is 15.3. The van der Waals surface area contributed by atoms with E-state index in [9.17, 15) is 4.79 Å². The van der Waals surface area contributed by atoms with E-state index in [4.69, 9.17) is 16.3 Å². The molecule has 5 heteroatoms. The molecule has 0 aliphatic rings. The molecular weight excluding hydrogens is 288 g/mol. The second-order valence-corrected chi connectivity index (χ2v) is 5.06. The minimum Gasteiger partial charge on any atom is -0.496 e. The highest BCUT2D eigenvalue weighted by molar-refractivity contribution is 6.31.